The number of ether oxygens (including phenoxy) is 1. The summed E-state index contributed by atoms with van der Waals surface area (Å²) in [7, 11) is 0. The predicted molar refractivity (Wildman–Crippen MR) is 103 cm³/mol. The van der Waals surface area contributed by atoms with Crippen molar-refractivity contribution in [3.05, 3.63) is 35.7 Å². The highest BCUT2D eigenvalue weighted by molar-refractivity contribution is 6.06. The van der Waals surface area contributed by atoms with Crippen LogP contribution in [0, 0.1) is 6.92 Å². The van der Waals surface area contributed by atoms with E-state index in [0.717, 1.165) is 19.6 Å². The Morgan fingerprint density at radius 2 is 2.11 bits per heavy atom. The molecule has 3 aromatic heterocycles. The number of rotatable bonds is 5. The lowest BCUT2D eigenvalue weighted by atomic mass is 10.1. The second-order valence-electron chi connectivity index (χ2n) is 7.25. The number of pyridine rings is 1. The van der Waals surface area contributed by atoms with E-state index in [2.05, 4.69) is 34.2 Å². The van der Waals surface area contributed by atoms with Crippen LogP contribution in [0.25, 0.3) is 22.6 Å². The van der Waals surface area contributed by atoms with Gasteiger partial charge in [0.25, 0.3) is 11.6 Å². The largest absolute Gasteiger partial charge is 0.463 e. The van der Waals surface area contributed by atoms with Crippen LogP contribution < -0.4 is 5.32 Å². The monoisotopic (exact) mass is 384 g/mol. The number of hydrogen-bond acceptors (Lipinski definition) is 7. The molecule has 1 amide bonds. The van der Waals surface area contributed by atoms with E-state index in [9.17, 15) is 4.79 Å². The van der Waals surface area contributed by atoms with Crippen molar-refractivity contribution in [2.75, 3.05) is 26.2 Å². The van der Waals surface area contributed by atoms with Crippen molar-refractivity contribution in [1.82, 2.24) is 20.4 Å². The summed E-state index contributed by atoms with van der Waals surface area (Å²) >= 11 is 0. The van der Waals surface area contributed by atoms with Gasteiger partial charge in [0.2, 0.25) is 0 Å². The van der Waals surface area contributed by atoms with Crippen molar-refractivity contribution in [2.24, 2.45) is 0 Å². The maximum Gasteiger partial charge on any atom is 0.259 e. The zero-order valence-electron chi connectivity index (χ0n) is 16.3. The van der Waals surface area contributed by atoms with Gasteiger partial charge in [0.05, 0.1) is 35.1 Å². The van der Waals surface area contributed by atoms with Crippen molar-refractivity contribution >= 4 is 17.0 Å². The third kappa shape index (κ3) is 3.79. The van der Waals surface area contributed by atoms with E-state index < -0.39 is 0 Å². The maximum absolute atomic E-state index is 12.9. The van der Waals surface area contributed by atoms with Gasteiger partial charge in [-0.3, -0.25) is 9.69 Å². The zero-order chi connectivity index (χ0) is 19.7. The minimum atomic E-state index is -0.180. The van der Waals surface area contributed by atoms with Crippen LogP contribution in [0.5, 0.6) is 0 Å². The summed E-state index contributed by atoms with van der Waals surface area (Å²) in [5.74, 6) is 0.391. The number of nitrogens with one attached hydrogen (secondary N) is 1. The summed E-state index contributed by atoms with van der Waals surface area (Å²) in [5.41, 5.74) is 1.98. The van der Waals surface area contributed by atoms with E-state index in [1.54, 1.807) is 31.4 Å². The van der Waals surface area contributed by atoms with Gasteiger partial charge in [0.15, 0.2) is 5.76 Å². The lowest BCUT2D eigenvalue weighted by Gasteiger charge is -2.35. The lowest BCUT2D eigenvalue weighted by molar-refractivity contribution is -0.0672. The summed E-state index contributed by atoms with van der Waals surface area (Å²) in [6.45, 7) is 8.99. The fourth-order valence-corrected chi connectivity index (χ4v) is 3.71. The Balaban J connectivity index is 1.51. The molecule has 2 unspecified atom stereocenters. The van der Waals surface area contributed by atoms with Crippen molar-refractivity contribution in [2.45, 2.75) is 33.0 Å². The molecule has 8 nitrogen and oxygen atoms in total. The molecule has 4 heterocycles. The van der Waals surface area contributed by atoms with Crippen LogP contribution in [0.1, 0.15) is 29.9 Å². The molecule has 0 bridgehead atoms. The Bertz CT molecular complexity index is 956. The number of aromatic nitrogens is 2. The fraction of sp³-hybridized carbons (Fsp3) is 0.450. The minimum absolute atomic E-state index is 0.180. The van der Waals surface area contributed by atoms with Crippen molar-refractivity contribution in [3.63, 3.8) is 0 Å². The van der Waals surface area contributed by atoms with Gasteiger partial charge in [-0.1, -0.05) is 5.16 Å². The van der Waals surface area contributed by atoms with Crippen LogP contribution >= 0.6 is 0 Å². The first-order valence-electron chi connectivity index (χ1n) is 9.48. The predicted octanol–water partition coefficient (Wildman–Crippen LogP) is 2.63. The van der Waals surface area contributed by atoms with Crippen molar-refractivity contribution in [1.29, 1.82) is 0 Å². The Kier molecular flexibility index (Phi) is 5.15. The van der Waals surface area contributed by atoms with Crippen LogP contribution in [0.3, 0.4) is 0 Å². The molecule has 3 aromatic rings. The van der Waals surface area contributed by atoms with Gasteiger partial charge in [-0.05, 0) is 39.0 Å². The van der Waals surface area contributed by atoms with Gasteiger partial charge in [-0.2, -0.15) is 0 Å². The highest BCUT2D eigenvalue weighted by Gasteiger charge is 2.23. The van der Waals surface area contributed by atoms with Gasteiger partial charge >= 0.3 is 0 Å². The number of nitrogens with zero attached hydrogens (tertiary/aromatic N) is 3. The molecule has 28 heavy (non-hydrogen) atoms. The van der Waals surface area contributed by atoms with E-state index in [4.69, 9.17) is 13.7 Å². The molecule has 0 aromatic carbocycles. The number of carbonyl (C=O) groups is 1. The van der Waals surface area contributed by atoms with Gasteiger partial charge in [-0.25, -0.2) is 4.98 Å². The first-order chi connectivity index (χ1) is 13.5. The molecular weight excluding hydrogens is 360 g/mol. The average molecular weight is 384 g/mol. The highest BCUT2D eigenvalue weighted by Crippen LogP contribution is 2.27. The van der Waals surface area contributed by atoms with E-state index in [0.29, 0.717) is 40.4 Å². The molecule has 1 N–H and O–H groups in total. The summed E-state index contributed by atoms with van der Waals surface area (Å²) in [5, 5.41) is 7.60. The summed E-state index contributed by atoms with van der Waals surface area (Å²) in [6.07, 6.45) is 1.97. The van der Waals surface area contributed by atoms with Crippen LogP contribution in [0.15, 0.2) is 33.4 Å². The molecule has 148 valence electrons. The van der Waals surface area contributed by atoms with E-state index in [1.807, 2.05) is 0 Å². The first-order valence-corrected chi connectivity index (χ1v) is 9.48. The Morgan fingerprint density at radius 3 is 2.82 bits per heavy atom. The lowest BCUT2D eigenvalue weighted by Crippen LogP contribution is -2.47. The molecule has 0 radical (unpaired) electrons. The summed E-state index contributed by atoms with van der Waals surface area (Å²) in [4.78, 5) is 19.7. The number of fused-ring (bicyclic) bond motifs is 1. The summed E-state index contributed by atoms with van der Waals surface area (Å²) < 4.78 is 16.5. The topological polar surface area (TPSA) is 93.6 Å². The van der Waals surface area contributed by atoms with E-state index in [1.165, 1.54) is 0 Å². The first kappa shape index (κ1) is 18.6. The molecule has 1 saturated heterocycles. The van der Waals surface area contributed by atoms with E-state index >= 15 is 0 Å². The maximum atomic E-state index is 12.9. The molecule has 1 fully saturated rings. The van der Waals surface area contributed by atoms with Gasteiger partial charge in [-0.15, -0.1) is 0 Å². The normalized spacial score (nSPS) is 20.5. The molecule has 2 atom stereocenters. The van der Waals surface area contributed by atoms with Crippen LogP contribution in [-0.2, 0) is 4.74 Å². The molecule has 0 aliphatic carbocycles. The number of aryl methyl sites for hydroxylation is 1. The highest BCUT2D eigenvalue weighted by atomic mass is 16.5. The molecule has 0 spiro atoms. The number of furan rings is 1. The number of hydrogen-bond donors (Lipinski definition) is 1. The van der Waals surface area contributed by atoms with E-state index in [-0.39, 0.29) is 18.1 Å². The Hall–Kier alpha value is -2.71. The van der Waals surface area contributed by atoms with Crippen molar-refractivity contribution < 1.29 is 18.5 Å². The van der Waals surface area contributed by atoms with Crippen molar-refractivity contribution in [3.8, 4) is 11.5 Å². The molecular formula is C20H24N4O4. The number of morpholine rings is 1. The molecule has 1 aliphatic rings. The molecule has 0 saturated carbocycles. The smallest absolute Gasteiger partial charge is 0.259 e. The molecule has 4 rings (SSSR count). The molecule has 8 heteroatoms. The third-order valence-electron chi connectivity index (χ3n) is 4.84. The molecule has 1 aliphatic heterocycles. The SMILES string of the molecule is Cc1noc2nc(-c3ccco3)cc(C(=O)NCCN3CC(C)OC(C)C3)c12. The second-order valence-corrected chi connectivity index (χ2v) is 7.25. The summed E-state index contributed by atoms with van der Waals surface area (Å²) in [6, 6.07) is 5.29. The quantitative estimate of drug-likeness (QED) is 0.723. The van der Waals surface area contributed by atoms with Gasteiger partial charge < -0.3 is 19.0 Å². The Morgan fingerprint density at radius 1 is 1.32 bits per heavy atom. The fourth-order valence-electron chi connectivity index (χ4n) is 3.71. The average Bonchev–Trinajstić information content (AvgIpc) is 3.30. The number of carbonyl (C=O) groups excluding carboxylic acids is 1. The van der Waals surface area contributed by atoms with Crippen LogP contribution in [0.2, 0.25) is 0 Å². The zero-order valence-corrected chi connectivity index (χ0v) is 16.3. The second kappa shape index (κ2) is 7.73. The van der Waals surface area contributed by atoms with Gasteiger partial charge in [0.1, 0.15) is 5.69 Å². The van der Waals surface area contributed by atoms with Crippen LogP contribution in [0.4, 0.5) is 0 Å². The van der Waals surface area contributed by atoms with Crippen LogP contribution in [-0.4, -0.2) is 59.3 Å². The minimum Gasteiger partial charge on any atom is -0.463 e. The van der Waals surface area contributed by atoms with Gasteiger partial charge in [0, 0.05) is 26.2 Å². The Labute approximate surface area is 162 Å². The third-order valence-corrected chi connectivity index (χ3v) is 4.84. The number of amides is 1. The standard InChI is InChI=1S/C20H24N4O4/c1-12-10-24(11-13(2)27-12)7-6-21-19(25)15-9-16(17-5-4-8-26-17)22-20-18(15)14(3)23-28-20/h4-5,8-9,12-13H,6-7,10-11H2,1-3H3,(H,21,25).